The number of hydrogen-bond acceptors (Lipinski definition) is 12. The minimum Gasteiger partial charge on any atom is -0.759 e. The maximum atomic E-state index is 8.52. The van der Waals surface area contributed by atoms with Crippen molar-refractivity contribution < 1.29 is 124 Å². The van der Waals surface area contributed by atoms with Crippen LogP contribution in [-0.4, -0.2) is 52.6 Å². The van der Waals surface area contributed by atoms with Gasteiger partial charge >= 0.3 is 71.2 Å². The summed E-state index contributed by atoms with van der Waals surface area (Å²) < 4.78 is 102. The molecule has 0 aromatic carbocycles. The maximum absolute atomic E-state index is 8.52. The molecule has 0 unspecified atom stereocenters. The molecule has 0 aromatic heterocycles. The third-order valence-corrected chi connectivity index (χ3v) is 0. The Morgan fingerprint density at radius 1 is 0.412 bits per heavy atom. The largest absolute Gasteiger partial charge is 3.00 e. The van der Waals surface area contributed by atoms with E-state index in [2.05, 4.69) is 0 Å². The average molecular weight is 566 g/mol. The Kier molecular flexibility index (Phi) is 24.0. The quantitative estimate of drug-likeness (QED) is 0.201. The normalized spacial score (nSPS) is 10.2. The summed E-state index contributed by atoms with van der Waals surface area (Å²) in [4.78, 5) is 0. The summed E-state index contributed by atoms with van der Waals surface area (Å²) in [5.74, 6) is 0. The predicted octanol–water partition coefficient (Wildman–Crippen LogP) is -4.01. The van der Waals surface area contributed by atoms with Gasteiger partial charge in [0.15, 0.2) is 0 Å². The fourth-order valence-corrected chi connectivity index (χ4v) is 0. The topological polar surface area (TPSA) is 241 Å². The summed E-state index contributed by atoms with van der Waals surface area (Å²) in [5, 5.41) is 0. The summed E-state index contributed by atoms with van der Waals surface area (Å²) in [7, 11) is -15.5. The van der Waals surface area contributed by atoms with Gasteiger partial charge in [0.2, 0.25) is 0 Å². The van der Waals surface area contributed by atoms with Crippen molar-refractivity contribution in [3.05, 3.63) is 0 Å². The van der Waals surface area contributed by atoms with Gasteiger partial charge in [-0.1, -0.05) is 0 Å². The van der Waals surface area contributed by atoms with Crippen LogP contribution in [0.15, 0.2) is 0 Å². The van der Waals surface area contributed by atoms with Crippen molar-refractivity contribution in [3.63, 3.8) is 0 Å². The first-order valence-electron chi connectivity index (χ1n) is 2.00. The molecule has 0 aliphatic heterocycles. The molecule has 12 nitrogen and oxygen atoms in total. The van der Waals surface area contributed by atoms with E-state index in [0.717, 1.165) is 0 Å². The monoisotopic (exact) mass is 566 g/mol. The van der Waals surface area contributed by atoms with Gasteiger partial charge in [-0.05, 0) is 0 Å². The smallest absolute Gasteiger partial charge is 0.759 e. The van der Waals surface area contributed by atoms with Gasteiger partial charge in [0, 0.05) is 31.2 Å². The summed E-state index contributed by atoms with van der Waals surface area (Å²) >= 11 is 0. The molecule has 0 atom stereocenters. The zero-order chi connectivity index (χ0) is 13.5. The van der Waals surface area contributed by atoms with E-state index < -0.39 is 31.2 Å². The van der Waals surface area contributed by atoms with Crippen LogP contribution in [-0.2, 0) is 31.2 Å². The van der Waals surface area contributed by atoms with E-state index in [1.54, 1.807) is 0 Å². The zero-order valence-electron chi connectivity index (χ0n) is 7.28. The van der Waals surface area contributed by atoms with Gasteiger partial charge in [-0.15, -0.1) is 0 Å². The van der Waals surface area contributed by atoms with E-state index in [1.165, 1.54) is 0 Å². The van der Waals surface area contributed by atoms with Crippen molar-refractivity contribution in [1.29, 1.82) is 0 Å². The molecule has 0 spiro atoms. The second-order valence-corrected chi connectivity index (χ2v) is 3.67. The minimum absolute atomic E-state index is 0. The Morgan fingerprint density at radius 2 is 0.412 bits per heavy atom. The first-order valence-corrected chi connectivity index (χ1v) is 6.00. The zero-order valence-corrected chi connectivity index (χ0v) is 17.0. The predicted molar refractivity (Wildman–Crippen MR) is 31.4 cm³/mol. The molecule has 0 N–H and O–H groups in total. The molecule has 0 fully saturated rings. The molecule has 96 valence electrons. The van der Waals surface area contributed by atoms with Gasteiger partial charge in [0.05, 0.1) is 0 Å². The number of rotatable bonds is 0. The molecule has 0 aliphatic carbocycles. The molecule has 0 bridgehead atoms. The summed E-state index contributed by atoms with van der Waals surface area (Å²) in [5.41, 5.74) is 0. The fraction of sp³-hybridized carbons (Fsp3) is 0. The molecule has 0 amide bonds. The van der Waals surface area contributed by atoms with E-state index in [9.17, 15) is 0 Å². The van der Waals surface area contributed by atoms with Gasteiger partial charge in [-0.25, -0.2) is 0 Å². The van der Waals surface area contributed by atoms with Crippen LogP contribution < -0.4 is 0 Å². The molecular weight excluding hydrogens is 566 g/mol. The molecule has 0 saturated heterocycles. The van der Waals surface area contributed by atoms with Crippen molar-refractivity contribution in [3.8, 4) is 0 Å². The maximum Gasteiger partial charge on any atom is 3.00 e. The molecule has 17 heavy (non-hydrogen) atoms. The van der Waals surface area contributed by atoms with Crippen molar-refractivity contribution in [2.24, 2.45) is 0 Å². The van der Waals surface area contributed by atoms with Crippen LogP contribution in [0.5, 0.6) is 0 Å². The average Bonchev–Trinajstić information content (AvgIpc) is 1.41. The van der Waals surface area contributed by atoms with Crippen LogP contribution in [0.25, 0.3) is 0 Å². The van der Waals surface area contributed by atoms with Crippen LogP contribution in [0.1, 0.15) is 0 Å². The molecule has 0 heterocycles. The standard InChI is InChI=1S/2La.3H2O4S/c;;3*1-5(2,3)4/h;;3*(H2,1,2,3,4)/q2*+3;;;/p-6. The second kappa shape index (κ2) is 13.0. The summed E-state index contributed by atoms with van der Waals surface area (Å²) in [6.07, 6.45) is 0. The molecule has 0 aromatic rings. The SMILES string of the molecule is O=S(=O)([O-])[O-].O=S(=O)([O-])[O-].O=S(=O)([O-])[O-].[La+3].[La+3]. The summed E-state index contributed by atoms with van der Waals surface area (Å²) in [6, 6.07) is 0. The molecule has 0 rings (SSSR count). The van der Waals surface area contributed by atoms with E-state index >= 15 is 0 Å². The Bertz CT molecular complexity index is 341. The van der Waals surface area contributed by atoms with Crippen molar-refractivity contribution in [2.75, 3.05) is 0 Å². The van der Waals surface area contributed by atoms with Gasteiger partial charge < -0.3 is 27.3 Å². The Balaban J connectivity index is -0.0000000400. The minimum atomic E-state index is -5.17. The van der Waals surface area contributed by atoms with Crippen molar-refractivity contribution in [1.82, 2.24) is 0 Å². The molecular formula is La2O12S3. The van der Waals surface area contributed by atoms with Gasteiger partial charge in [-0.3, -0.25) is 25.3 Å². The fourth-order valence-electron chi connectivity index (χ4n) is 0. The van der Waals surface area contributed by atoms with Crippen LogP contribution in [0, 0.1) is 71.2 Å². The van der Waals surface area contributed by atoms with Crippen LogP contribution in [0.3, 0.4) is 0 Å². The van der Waals surface area contributed by atoms with E-state index in [0.29, 0.717) is 0 Å². The van der Waals surface area contributed by atoms with Gasteiger partial charge in [-0.2, -0.15) is 0 Å². The first kappa shape index (κ1) is 31.4. The van der Waals surface area contributed by atoms with Crippen LogP contribution in [0.2, 0.25) is 0 Å². The molecule has 0 aliphatic rings. The van der Waals surface area contributed by atoms with Crippen LogP contribution in [0.4, 0.5) is 0 Å². The third-order valence-electron chi connectivity index (χ3n) is 0. The van der Waals surface area contributed by atoms with Crippen molar-refractivity contribution in [2.45, 2.75) is 0 Å². The van der Waals surface area contributed by atoms with Gasteiger partial charge in [0.1, 0.15) is 0 Å². The Labute approximate surface area is 152 Å². The second-order valence-electron chi connectivity index (χ2n) is 1.22. The van der Waals surface area contributed by atoms with Crippen LogP contribution >= 0.6 is 0 Å². The van der Waals surface area contributed by atoms with E-state index in [-0.39, 0.29) is 71.2 Å². The first-order chi connectivity index (χ1) is 6.00. The molecule has 0 saturated carbocycles. The summed E-state index contributed by atoms with van der Waals surface area (Å²) in [6.45, 7) is 0. The Morgan fingerprint density at radius 3 is 0.412 bits per heavy atom. The molecule has 17 heteroatoms. The van der Waals surface area contributed by atoms with Gasteiger partial charge in [0.25, 0.3) is 0 Å². The van der Waals surface area contributed by atoms with E-state index in [1.807, 2.05) is 0 Å². The molecule has 0 radical (unpaired) electrons. The van der Waals surface area contributed by atoms with Crippen molar-refractivity contribution >= 4 is 31.2 Å². The third kappa shape index (κ3) is 1150. The number of hydrogen-bond donors (Lipinski definition) is 0. The van der Waals surface area contributed by atoms with E-state index in [4.69, 9.17) is 52.6 Å². The Hall–Kier alpha value is 2.00.